The Morgan fingerprint density at radius 3 is 2.84 bits per heavy atom. The Morgan fingerprint density at radius 1 is 1.16 bits per heavy atom. The average molecular weight is 433 g/mol. The van der Waals surface area contributed by atoms with E-state index < -0.39 is 0 Å². The van der Waals surface area contributed by atoms with Gasteiger partial charge >= 0.3 is 0 Å². The van der Waals surface area contributed by atoms with Gasteiger partial charge in [-0.1, -0.05) is 30.0 Å². The number of nitrogens with zero attached hydrogens (tertiary/aromatic N) is 4. The van der Waals surface area contributed by atoms with Gasteiger partial charge in [0.1, 0.15) is 5.75 Å². The van der Waals surface area contributed by atoms with Gasteiger partial charge in [0.25, 0.3) is 5.91 Å². The average Bonchev–Trinajstić information content (AvgIpc) is 3.20. The van der Waals surface area contributed by atoms with Gasteiger partial charge < -0.3 is 9.64 Å². The molecule has 5 rings (SSSR count). The van der Waals surface area contributed by atoms with Crippen LogP contribution in [0.25, 0.3) is 16.6 Å². The molecule has 1 aliphatic heterocycles. The van der Waals surface area contributed by atoms with Crippen LogP contribution in [-0.2, 0) is 4.79 Å². The van der Waals surface area contributed by atoms with Crippen LogP contribution in [0.5, 0.6) is 5.75 Å². The summed E-state index contributed by atoms with van der Waals surface area (Å²) >= 11 is 1.35. The Labute approximate surface area is 183 Å². The van der Waals surface area contributed by atoms with E-state index in [2.05, 4.69) is 23.2 Å². The van der Waals surface area contributed by atoms with E-state index in [1.807, 2.05) is 35.6 Å². The van der Waals surface area contributed by atoms with Crippen LogP contribution in [0.15, 0.2) is 53.7 Å². The molecular weight excluding hydrogens is 412 g/mol. The molecule has 1 aliphatic rings. The summed E-state index contributed by atoms with van der Waals surface area (Å²) in [6, 6.07) is 15.3. The Morgan fingerprint density at radius 2 is 2.00 bits per heavy atom. The number of likely N-dealkylation sites (N-methyl/N-ethyl adjacent to an activating group) is 1. The fourth-order valence-electron chi connectivity index (χ4n) is 3.90. The SMILES string of the molecule is CCN1C(=O)COc2ccc(C(=O)CSc3nnc4cc(C)c5ccccc5n34)cc21. The first-order valence-electron chi connectivity index (χ1n) is 10.0. The van der Waals surface area contributed by atoms with Crippen LogP contribution in [0.3, 0.4) is 0 Å². The van der Waals surface area contributed by atoms with E-state index in [4.69, 9.17) is 4.74 Å². The number of carbonyl (C=O) groups is 2. The first kappa shape index (κ1) is 19.6. The predicted molar refractivity (Wildman–Crippen MR) is 120 cm³/mol. The Balaban J connectivity index is 1.43. The molecule has 2 aromatic carbocycles. The van der Waals surface area contributed by atoms with E-state index >= 15 is 0 Å². The lowest BCUT2D eigenvalue weighted by atomic mass is 10.1. The van der Waals surface area contributed by atoms with Gasteiger partial charge in [0.2, 0.25) is 0 Å². The third-order valence-electron chi connectivity index (χ3n) is 5.45. The highest BCUT2D eigenvalue weighted by atomic mass is 32.2. The van der Waals surface area contributed by atoms with Crippen molar-refractivity contribution in [2.75, 3.05) is 23.8 Å². The third kappa shape index (κ3) is 3.33. The maximum atomic E-state index is 12.9. The summed E-state index contributed by atoms with van der Waals surface area (Å²) in [5.74, 6) is 0.681. The van der Waals surface area contributed by atoms with Crippen molar-refractivity contribution in [1.82, 2.24) is 14.6 Å². The second-order valence-electron chi connectivity index (χ2n) is 7.34. The molecule has 0 unspecified atom stereocenters. The van der Waals surface area contributed by atoms with E-state index in [1.165, 1.54) is 11.8 Å². The summed E-state index contributed by atoms with van der Waals surface area (Å²) in [7, 11) is 0. The molecule has 4 aromatic rings. The summed E-state index contributed by atoms with van der Waals surface area (Å²) in [5, 5.41) is 10.4. The van der Waals surface area contributed by atoms with Crippen LogP contribution in [0, 0.1) is 6.92 Å². The maximum absolute atomic E-state index is 12.9. The van der Waals surface area contributed by atoms with Gasteiger partial charge in [0.05, 0.1) is 17.0 Å². The number of rotatable bonds is 5. The number of anilines is 1. The van der Waals surface area contributed by atoms with Crippen LogP contribution in [0.2, 0.25) is 0 Å². The number of benzene rings is 2. The smallest absolute Gasteiger partial charge is 0.265 e. The summed E-state index contributed by atoms with van der Waals surface area (Å²) in [5.41, 5.74) is 4.09. The normalized spacial score (nSPS) is 13.5. The van der Waals surface area contributed by atoms with Crippen molar-refractivity contribution in [3.8, 4) is 5.75 Å². The number of Topliss-reactive ketones (excluding diaryl/α,β-unsaturated/α-hetero) is 1. The molecule has 156 valence electrons. The summed E-state index contributed by atoms with van der Waals surface area (Å²) in [6.45, 7) is 4.51. The minimum atomic E-state index is -0.105. The highest BCUT2D eigenvalue weighted by molar-refractivity contribution is 7.99. The van der Waals surface area contributed by atoms with Crippen molar-refractivity contribution in [2.45, 2.75) is 19.0 Å². The van der Waals surface area contributed by atoms with Gasteiger partial charge in [-0.3, -0.25) is 14.0 Å². The molecule has 3 heterocycles. The van der Waals surface area contributed by atoms with Gasteiger partial charge in [0.15, 0.2) is 23.2 Å². The van der Waals surface area contributed by atoms with Crippen molar-refractivity contribution in [2.24, 2.45) is 0 Å². The zero-order valence-corrected chi connectivity index (χ0v) is 18.0. The Hall–Kier alpha value is -3.39. The summed E-state index contributed by atoms with van der Waals surface area (Å²) in [4.78, 5) is 26.7. The Kier molecular flexibility index (Phi) is 4.86. The molecule has 0 atom stereocenters. The molecular formula is C23H20N4O3S. The summed E-state index contributed by atoms with van der Waals surface area (Å²) in [6.07, 6.45) is 0. The van der Waals surface area contributed by atoms with E-state index in [0.29, 0.717) is 28.7 Å². The van der Waals surface area contributed by atoms with Crippen LogP contribution in [-0.4, -0.2) is 45.2 Å². The highest BCUT2D eigenvalue weighted by Gasteiger charge is 2.25. The van der Waals surface area contributed by atoms with Crippen LogP contribution >= 0.6 is 11.8 Å². The molecule has 31 heavy (non-hydrogen) atoms. The lowest BCUT2D eigenvalue weighted by Gasteiger charge is -2.28. The van der Waals surface area contributed by atoms with Crippen molar-refractivity contribution in [1.29, 1.82) is 0 Å². The second kappa shape index (κ2) is 7.70. The second-order valence-corrected chi connectivity index (χ2v) is 8.28. The lowest BCUT2D eigenvalue weighted by Crippen LogP contribution is -2.38. The molecule has 0 N–H and O–H groups in total. The number of carbonyl (C=O) groups excluding carboxylic acids is 2. The number of hydrogen-bond donors (Lipinski definition) is 0. The molecule has 0 spiro atoms. The van der Waals surface area contributed by atoms with Gasteiger partial charge in [-0.25, -0.2) is 0 Å². The summed E-state index contributed by atoms with van der Waals surface area (Å²) < 4.78 is 7.48. The molecule has 7 nitrogen and oxygen atoms in total. The van der Waals surface area contributed by atoms with E-state index in [-0.39, 0.29) is 24.1 Å². The van der Waals surface area contributed by atoms with Crippen molar-refractivity contribution < 1.29 is 14.3 Å². The number of aromatic nitrogens is 3. The number of para-hydroxylation sites is 1. The molecule has 0 saturated carbocycles. The van der Waals surface area contributed by atoms with Crippen LogP contribution in [0.4, 0.5) is 5.69 Å². The first-order valence-corrected chi connectivity index (χ1v) is 11.0. The zero-order valence-electron chi connectivity index (χ0n) is 17.2. The van der Waals surface area contributed by atoms with Crippen LogP contribution < -0.4 is 9.64 Å². The molecule has 1 amide bonds. The van der Waals surface area contributed by atoms with E-state index in [9.17, 15) is 9.59 Å². The van der Waals surface area contributed by atoms with Gasteiger partial charge in [-0.05, 0) is 49.7 Å². The van der Waals surface area contributed by atoms with Crippen molar-refractivity contribution >= 4 is 45.7 Å². The molecule has 2 aromatic heterocycles. The number of ether oxygens (including phenoxy) is 1. The number of ketones is 1. The van der Waals surface area contributed by atoms with E-state index in [1.54, 1.807) is 23.1 Å². The first-order chi connectivity index (χ1) is 15.1. The van der Waals surface area contributed by atoms with Crippen molar-refractivity contribution in [3.05, 3.63) is 59.7 Å². The maximum Gasteiger partial charge on any atom is 0.265 e. The molecule has 0 fully saturated rings. The fraction of sp³-hybridized carbons (Fsp3) is 0.217. The van der Waals surface area contributed by atoms with Crippen molar-refractivity contribution in [3.63, 3.8) is 0 Å². The lowest BCUT2D eigenvalue weighted by molar-refractivity contribution is -0.121. The number of thioether (sulfide) groups is 1. The van der Waals surface area contributed by atoms with Crippen LogP contribution in [0.1, 0.15) is 22.8 Å². The number of amides is 1. The highest BCUT2D eigenvalue weighted by Crippen LogP contribution is 2.33. The predicted octanol–water partition coefficient (Wildman–Crippen LogP) is 3.91. The largest absolute Gasteiger partial charge is 0.482 e. The monoisotopic (exact) mass is 432 g/mol. The quantitative estimate of drug-likeness (QED) is 0.352. The fourth-order valence-corrected chi connectivity index (χ4v) is 4.75. The van der Waals surface area contributed by atoms with E-state index in [0.717, 1.165) is 22.1 Å². The van der Waals surface area contributed by atoms with Gasteiger partial charge in [0, 0.05) is 17.5 Å². The number of pyridine rings is 1. The van der Waals surface area contributed by atoms with Gasteiger partial charge in [-0.15, -0.1) is 10.2 Å². The number of aryl methyl sites for hydroxylation is 1. The topological polar surface area (TPSA) is 76.8 Å². The molecule has 0 aliphatic carbocycles. The molecule has 0 saturated heterocycles. The molecule has 0 radical (unpaired) electrons. The number of fused-ring (bicyclic) bond motifs is 4. The molecule has 0 bridgehead atoms. The number of hydrogen-bond acceptors (Lipinski definition) is 6. The minimum Gasteiger partial charge on any atom is -0.482 e. The zero-order chi connectivity index (χ0) is 21.5. The minimum absolute atomic E-state index is 0.0252. The molecule has 8 heteroatoms. The Bertz CT molecular complexity index is 1350. The van der Waals surface area contributed by atoms with Gasteiger partial charge in [-0.2, -0.15) is 0 Å². The standard InChI is InChI=1S/C23H20N4O3S/c1-3-26-18-11-15(8-9-20(18)30-12-22(26)29)19(28)13-31-23-25-24-21-10-14(2)16-6-4-5-7-17(16)27(21)23/h4-11H,3,12-13H2,1-2H3. The third-order valence-corrected chi connectivity index (χ3v) is 6.38.